The van der Waals surface area contributed by atoms with Gasteiger partial charge in [-0.2, -0.15) is 0 Å². The summed E-state index contributed by atoms with van der Waals surface area (Å²) in [4.78, 5) is 21.6. The van der Waals surface area contributed by atoms with Gasteiger partial charge in [-0.1, -0.05) is 0 Å². The molecule has 0 aliphatic heterocycles. The number of aromatic carboxylic acids is 1. The van der Waals surface area contributed by atoms with Gasteiger partial charge < -0.3 is 10.0 Å². The van der Waals surface area contributed by atoms with Crippen molar-refractivity contribution in [1.29, 1.82) is 0 Å². The van der Waals surface area contributed by atoms with Crippen molar-refractivity contribution in [2.75, 3.05) is 20.6 Å². The summed E-state index contributed by atoms with van der Waals surface area (Å²) in [5, 5.41) is 9.06. The maximum atomic E-state index is 11.0. The lowest BCUT2D eigenvalue weighted by Crippen LogP contribution is -2.17. The zero-order valence-electron chi connectivity index (χ0n) is 10.2. The van der Waals surface area contributed by atoms with Crippen molar-refractivity contribution in [2.24, 2.45) is 0 Å². The first-order valence-electron chi connectivity index (χ1n) is 5.81. The lowest BCUT2D eigenvalue weighted by atomic mass is 10.1. The van der Waals surface area contributed by atoms with E-state index in [9.17, 15) is 4.79 Å². The van der Waals surface area contributed by atoms with Crippen molar-refractivity contribution >= 4 is 5.97 Å². The number of hydrogen-bond acceptors (Lipinski definition) is 4. The van der Waals surface area contributed by atoms with Crippen molar-refractivity contribution in [3.63, 3.8) is 0 Å². The van der Waals surface area contributed by atoms with Gasteiger partial charge in [0, 0.05) is 25.1 Å². The van der Waals surface area contributed by atoms with E-state index < -0.39 is 5.97 Å². The number of nitrogens with zero attached hydrogens (tertiary/aromatic N) is 3. The minimum absolute atomic E-state index is 0.265. The second-order valence-electron chi connectivity index (χ2n) is 4.72. The number of hydrogen-bond donors (Lipinski definition) is 1. The monoisotopic (exact) mass is 235 g/mol. The van der Waals surface area contributed by atoms with Gasteiger partial charge in [0.25, 0.3) is 0 Å². The van der Waals surface area contributed by atoms with Gasteiger partial charge in [-0.15, -0.1) is 0 Å². The highest BCUT2D eigenvalue weighted by Gasteiger charge is 2.30. The molecule has 17 heavy (non-hydrogen) atoms. The van der Waals surface area contributed by atoms with Crippen molar-refractivity contribution in [3.05, 3.63) is 23.3 Å². The van der Waals surface area contributed by atoms with E-state index >= 15 is 0 Å². The Bertz CT molecular complexity index is 428. The quantitative estimate of drug-likeness (QED) is 0.829. The number of likely N-dealkylation sites (N-methyl/N-ethyl adjacent to an activating group) is 1. The Labute approximate surface area is 100 Å². The second-order valence-corrected chi connectivity index (χ2v) is 4.72. The van der Waals surface area contributed by atoms with Crippen LogP contribution < -0.4 is 0 Å². The van der Waals surface area contributed by atoms with E-state index in [1.54, 1.807) is 0 Å². The van der Waals surface area contributed by atoms with Gasteiger partial charge >= 0.3 is 5.97 Å². The normalized spacial score (nSPS) is 15.2. The van der Waals surface area contributed by atoms with Crippen molar-refractivity contribution < 1.29 is 9.90 Å². The summed E-state index contributed by atoms with van der Waals surface area (Å²) >= 11 is 0. The highest BCUT2D eigenvalue weighted by molar-refractivity contribution is 5.88. The molecule has 0 spiro atoms. The molecule has 0 bridgehead atoms. The molecule has 1 aliphatic rings. The lowest BCUT2D eigenvalue weighted by Gasteiger charge is -2.10. The van der Waals surface area contributed by atoms with Gasteiger partial charge in [-0.05, 0) is 26.9 Å². The minimum Gasteiger partial charge on any atom is -0.478 e. The van der Waals surface area contributed by atoms with Crippen molar-refractivity contribution in [2.45, 2.75) is 25.2 Å². The van der Waals surface area contributed by atoms with Crippen LogP contribution in [-0.2, 0) is 6.42 Å². The Balaban J connectivity index is 2.20. The molecule has 1 heterocycles. The van der Waals surface area contributed by atoms with Crippen LogP contribution >= 0.6 is 0 Å². The molecule has 1 aliphatic carbocycles. The predicted octanol–water partition coefficient (Wildman–Crippen LogP) is 1.16. The Morgan fingerprint density at radius 3 is 2.76 bits per heavy atom. The van der Waals surface area contributed by atoms with Gasteiger partial charge in [0.15, 0.2) is 0 Å². The fourth-order valence-electron chi connectivity index (χ4n) is 1.71. The maximum Gasteiger partial charge on any atom is 0.339 e. The first-order chi connectivity index (χ1) is 8.08. The number of rotatable bonds is 5. The summed E-state index contributed by atoms with van der Waals surface area (Å²) in [7, 11) is 3.99. The maximum absolute atomic E-state index is 11.0. The molecular weight excluding hydrogens is 218 g/mol. The Morgan fingerprint density at radius 2 is 2.24 bits per heavy atom. The fraction of sp³-hybridized carbons (Fsp3) is 0.583. The summed E-state index contributed by atoms with van der Waals surface area (Å²) in [6, 6.07) is 0. The van der Waals surface area contributed by atoms with E-state index in [0.717, 1.165) is 37.3 Å². The van der Waals surface area contributed by atoms with Crippen LogP contribution in [-0.4, -0.2) is 46.6 Å². The first kappa shape index (κ1) is 12.0. The SMILES string of the molecule is CN(C)CCc1ncc(C(=O)O)c(C2CC2)n1. The molecule has 0 radical (unpaired) electrons. The van der Waals surface area contributed by atoms with E-state index in [4.69, 9.17) is 5.11 Å². The van der Waals surface area contributed by atoms with Crippen LogP contribution in [0.3, 0.4) is 0 Å². The molecular formula is C12H17N3O2. The second kappa shape index (κ2) is 4.79. The summed E-state index contributed by atoms with van der Waals surface area (Å²) in [6.45, 7) is 0.872. The van der Waals surface area contributed by atoms with Gasteiger partial charge in [-0.3, -0.25) is 0 Å². The molecule has 0 atom stereocenters. The molecule has 92 valence electrons. The third-order valence-corrected chi connectivity index (χ3v) is 2.85. The minimum atomic E-state index is -0.925. The van der Waals surface area contributed by atoms with E-state index in [1.807, 2.05) is 14.1 Å². The van der Waals surface area contributed by atoms with Crippen LogP contribution in [0.4, 0.5) is 0 Å². The van der Waals surface area contributed by atoms with E-state index in [-0.39, 0.29) is 5.56 Å². The third kappa shape index (κ3) is 3.00. The summed E-state index contributed by atoms with van der Waals surface area (Å²) in [6.07, 6.45) is 4.30. The van der Waals surface area contributed by atoms with Crippen molar-refractivity contribution in [3.8, 4) is 0 Å². The molecule has 0 amide bonds. The molecule has 1 N–H and O–H groups in total. The van der Waals surface area contributed by atoms with E-state index in [2.05, 4.69) is 14.9 Å². The Morgan fingerprint density at radius 1 is 1.53 bits per heavy atom. The highest BCUT2D eigenvalue weighted by Crippen LogP contribution is 2.40. The predicted molar refractivity (Wildman–Crippen MR) is 63.2 cm³/mol. The van der Waals surface area contributed by atoms with Crippen LogP contribution in [0.1, 0.15) is 40.6 Å². The average molecular weight is 235 g/mol. The number of carboxylic acid groups (broad SMARTS) is 1. The fourth-order valence-corrected chi connectivity index (χ4v) is 1.71. The van der Waals surface area contributed by atoms with E-state index in [0.29, 0.717) is 5.92 Å². The number of carbonyl (C=O) groups is 1. The molecule has 1 saturated carbocycles. The molecule has 0 aromatic carbocycles. The highest BCUT2D eigenvalue weighted by atomic mass is 16.4. The standard InChI is InChI=1S/C12H17N3O2/c1-15(2)6-5-10-13-7-9(12(16)17)11(14-10)8-3-4-8/h7-8H,3-6H2,1-2H3,(H,16,17). The Hall–Kier alpha value is -1.49. The molecule has 5 nitrogen and oxygen atoms in total. The van der Waals surface area contributed by atoms with Crippen LogP contribution in [0.15, 0.2) is 6.20 Å². The molecule has 5 heteroatoms. The van der Waals surface area contributed by atoms with Crippen LogP contribution in [0.5, 0.6) is 0 Å². The topological polar surface area (TPSA) is 66.3 Å². The number of aromatic nitrogens is 2. The summed E-state index contributed by atoms with van der Waals surface area (Å²) in [5.74, 6) is 0.152. The first-order valence-corrected chi connectivity index (χ1v) is 5.81. The Kier molecular flexibility index (Phi) is 3.38. The average Bonchev–Trinajstić information content (AvgIpc) is 3.09. The summed E-state index contributed by atoms with van der Waals surface area (Å²) < 4.78 is 0. The van der Waals surface area contributed by atoms with E-state index in [1.165, 1.54) is 6.20 Å². The smallest absolute Gasteiger partial charge is 0.339 e. The van der Waals surface area contributed by atoms with Crippen molar-refractivity contribution in [1.82, 2.24) is 14.9 Å². The van der Waals surface area contributed by atoms with Crippen LogP contribution in [0, 0.1) is 0 Å². The molecule has 0 unspecified atom stereocenters. The zero-order chi connectivity index (χ0) is 12.4. The number of carboxylic acids is 1. The zero-order valence-corrected chi connectivity index (χ0v) is 10.2. The third-order valence-electron chi connectivity index (χ3n) is 2.85. The van der Waals surface area contributed by atoms with Crippen LogP contribution in [0.25, 0.3) is 0 Å². The molecule has 1 aromatic rings. The van der Waals surface area contributed by atoms with Gasteiger partial charge in [0.2, 0.25) is 0 Å². The van der Waals surface area contributed by atoms with Gasteiger partial charge in [0.1, 0.15) is 5.82 Å². The van der Waals surface area contributed by atoms with Gasteiger partial charge in [0.05, 0.1) is 11.3 Å². The molecule has 1 fully saturated rings. The van der Waals surface area contributed by atoms with Crippen LogP contribution in [0.2, 0.25) is 0 Å². The largest absolute Gasteiger partial charge is 0.478 e. The summed E-state index contributed by atoms with van der Waals surface area (Å²) in [5.41, 5.74) is 0.988. The van der Waals surface area contributed by atoms with Gasteiger partial charge in [-0.25, -0.2) is 14.8 Å². The molecule has 0 saturated heterocycles. The molecule has 1 aromatic heterocycles. The lowest BCUT2D eigenvalue weighted by molar-refractivity contribution is 0.0694. The molecule has 2 rings (SSSR count).